The molecular weight excluding hydrogens is 310 g/mol. The van der Waals surface area contributed by atoms with E-state index in [4.69, 9.17) is 0 Å². The van der Waals surface area contributed by atoms with E-state index in [9.17, 15) is 8.42 Å². The van der Waals surface area contributed by atoms with E-state index in [1.165, 1.54) is 0 Å². The molecule has 1 heterocycles. The number of aryl methyl sites for hydroxylation is 4. The van der Waals surface area contributed by atoms with E-state index < -0.39 is 10.0 Å². The van der Waals surface area contributed by atoms with E-state index in [-0.39, 0.29) is 0 Å². The van der Waals surface area contributed by atoms with Crippen LogP contribution in [0, 0.1) is 27.7 Å². The number of benzene rings is 1. The van der Waals surface area contributed by atoms with Crippen molar-refractivity contribution in [1.29, 1.82) is 0 Å². The third kappa shape index (κ3) is 3.82. The Bertz CT molecular complexity index is 807. The summed E-state index contributed by atoms with van der Waals surface area (Å²) in [5.41, 5.74) is 5.26. The maximum absolute atomic E-state index is 12.4. The van der Waals surface area contributed by atoms with Gasteiger partial charge in [-0.3, -0.25) is 4.68 Å². The van der Waals surface area contributed by atoms with Gasteiger partial charge in [-0.25, -0.2) is 13.1 Å². The summed E-state index contributed by atoms with van der Waals surface area (Å²) in [5, 5.41) is 4.46. The Labute approximate surface area is 138 Å². The molecule has 0 aliphatic rings. The molecule has 6 heteroatoms. The van der Waals surface area contributed by atoms with Crippen molar-refractivity contribution < 1.29 is 8.42 Å². The second-order valence-corrected chi connectivity index (χ2v) is 7.63. The third-order valence-electron chi connectivity index (χ3n) is 4.29. The van der Waals surface area contributed by atoms with Gasteiger partial charge in [0.05, 0.1) is 10.6 Å². The summed E-state index contributed by atoms with van der Waals surface area (Å²) < 4.78 is 29.4. The maximum atomic E-state index is 12.4. The first-order valence-electron chi connectivity index (χ1n) is 7.86. The van der Waals surface area contributed by atoms with Crippen molar-refractivity contribution in [3.05, 3.63) is 46.3 Å². The van der Waals surface area contributed by atoms with Crippen LogP contribution in [-0.2, 0) is 23.0 Å². The number of hydrogen-bond donors (Lipinski definition) is 1. The summed E-state index contributed by atoms with van der Waals surface area (Å²) in [6, 6.07) is 5.20. The molecule has 0 saturated heterocycles. The molecule has 2 aromatic rings. The standard InChI is InChI=1S/C17H25N3O2S/c1-6-20-15(5)17(14(4)19-20)9-10-18-23(21,22)16-8-7-12(2)13(3)11-16/h7-8,11,18H,6,9-10H2,1-5H3. The highest BCUT2D eigenvalue weighted by atomic mass is 32.2. The first kappa shape index (κ1) is 17.7. The van der Waals surface area contributed by atoms with Crippen molar-refractivity contribution in [3.63, 3.8) is 0 Å². The van der Waals surface area contributed by atoms with Crippen molar-refractivity contribution in [1.82, 2.24) is 14.5 Å². The zero-order valence-corrected chi connectivity index (χ0v) is 15.3. The molecule has 0 bridgehead atoms. The molecule has 0 spiro atoms. The van der Waals surface area contributed by atoms with Crippen LogP contribution >= 0.6 is 0 Å². The second kappa shape index (κ2) is 6.84. The Kier molecular flexibility index (Phi) is 5.26. The molecule has 1 N–H and O–H groups in total. The Hall–Kier alpha value is -1.66. The van der Waals surface area contributed by atoms with Crippen LogP contribution in [0.1, 0.15) is 35.0 Å². The molecule has 1 aromatic carbocycles. The van der Waals surface area contributed by atoms with Crippen LogP contribution in [0.25, 0.3) is 0 Å². The Morgan fingerprint density at radius 3 is 2.39 bits per heavy atom. The Morgan fingerprint density at radius 2 is 1.83 bits per heavy atom. The Morgan fingerprint density at radius 1 is 1.13 bits per heavy atom. The van der Waals surface area contributed by atoms with Crippen molar-refractivity contribution in [2.24, 2.45) is 0 Å². The van der Waals surface area contributed by atoms with Crippen LogP contribution in [0.15, 0.2) is 23.1 Å². The fraction of sp³-hybridized carbons (Fsp3) is 0.471. The van der Waals surface area contributed by atoms with Gasteiger partial charge in [-0.15, -0.1) is 0 Å². The summed E-state index contributed by atoms with van der Waals surface area (Å²) >= 11 is 0. The van der Waals surface area contributed by atoms with Gasteiger partial charge in [0.1, 0.15) is 0 Å². The fourth-order valence-electron chi connectivity index (χ4n) is 2.68. The van der Waals surface area contributed by atoms with Crippen LogP contribution in [0.4, 0.5) is 0 Å². The lowest BCUT2D eigenvalue weighted by Gasteiger charge is -2.09. The predicted octanol–water partition coefficient (Wildman–Crippen LogP) is 2.66. The third-order valence-corrected chi connectivity index (χ3v) is 5.75. The molecule has 0 aliphatic heterocycles. The van der Waals surface area contributed by atoms with Gasteiger partial charge in [-0.2, -0.15) is 5.10 Å². The number of nitrogens with zero attached hydrogens (tertiary/aromatic N) is 2. The summed E-state index contributed by atoms with van der Waals surface area (Å²) in [6.45, 7) is 11.1. The van der Waals surface area contributed by atoms with Crippen LogP contribution < -0.4 is 4.72 Å². The van der Waals surface area contributed by atoms with Gasteiger partial charge in [0.2, 0.25) is 10.0 Å². The minimum Gasteiger partial charge on any atom is -0.270 e. The first-order valence-corrected chi connectivity index (χ1v) is 9.34. The number of hydrogen-bond acceptors (Lipinski definition) is 3. The van der Waals surface area contributed by atoms with E-state index in [0.29, 0.717) is 17.9 Å². The molecule has 1 aromatic heterocycles. The second-order valence-electron chi connectivity index (χ2n) is 5.86. The molecule has 0 atom stereocenters. The molecule has 0 unspecified atom stereocenters. The number of aromatic nitrogens is 2. The lowest BCUT2D eigenvalue weighted by Crippen LogP contribution is -2.26. The van der Waals surface area contributed by atoms with E-state index in [1.54, 1.807) is 12.1 Å². The zero-order valence-electron chi connectivity index (χ0n) is 14.5. The van der Waals surface area contributed by atoms with Gasteiger partial charge in [0, 0.05) is 18.8 Å². The molecule has 23 heavy (non-hydrogen) atoms. The highest BCUT2D eigenvalue weighted by molar-refractivity contribution is 7.89. The molecule has 0 amide bonds. The average Bonchev–Trinajstić information content (AvgIpc) is 2.77. The van der Waals surface area contributed by atoms with Gasteiger partial charge < -0.3 is 0 Å². The van der Waals surface area contributed by atoms with Crippen molar-refractivity contribution >= 4 is 10.0 Å². The van der Waals surface area contributed by atoms with Gasteiger partial charge in [0.25, 0.3) is 0 Å². The minimum atomic E-state index is -3.47. The molecule has 0 fully saturated rings. The highest BCUT2D eigenvalue weighted by Gasteiger charge is 2.16. The monoisotopic (exact) mass is 335 g/mol. The van der Waals surface area contributed by atoms with Gasteiger partial charge in [-0.1, -0.05) is 6.07 Å². The Balaban J connectivity index is 2.08. The summed E-state index contributed by atoms with van der Waals surface area (Å²) in [6.07, 6.45) is 0.641. The average molecular weight is 335 g/mol. The van der Waals surface area contributed by atoms with Crippen molar-refractivity contribution in [2.75, 3.05) is 6.54 Å². The number of sulfonamides is 1. The van der Waals surface area contributed by atoms with Gasteiger partial charge in [-0.05, 0) is 69.9 Å². The summed E-state index contributed by atoms with van der Waals surface area (Å²) in [5.74, 6) is 0. The van der Waals surface area contributed by atoms with Crippen LogP contribution in [0.3, 0.4) is 0 Å². The molecule has 5 nitrogen and oxygen atoms in total. The van der Waals surface area contributed by atoms with E-state index in [2.05, 4.69) is 9.82 Å². The molecule has 0 aliphatic carbocycles. The number of rotatable bonds is 6. The zero-order chi connectivity index (χ0) is 17.2. The molecule has 126 valence electrons. The first-order chi connectivity index (χ1) is 10.8. The van der Waals surface area contributed by atoms with Crippen LogP contribution in [0.5, 0.6) is 0 Å². The lowest BCUT2D eigenvalue weighted by atomic mass is 10.1. The predicted molar refractivity (Wildman–Crippen MR) is 92.2 cm³/mol. The summed E-state index contributed by atoms with van der Waals surface area (Å²) in [7, 11) is -3.47. The SMILES string of the molecule is CCn1nc(C)c(CCNS(=O)(=O)c2ccc(C)c(C)c2)c1C. The maximum Gasteiger partial charge on any atom is 0.240 e. The largest absolute Gasteiger partial charge is 0.270 e. The highest BCUT2D eigenvalue weighted by Crippen LogP contribution is 2.16. The smallest absolute Gasteiger partial charge is 0.240 e. The molecular formula is C17H25N3O2S. The molecule has 0 radical (unpaired) electrons. The van der Waals surface area contributed by atoms with E-state index >= 15 is 0 Å². The lowest BCUT2D eigenvalue weighted by molar-refractivity contribution is 0.581. The molecule has 0 saturated carbocycles. The molecule has 2 rings (SSSR count). The van der Waals surface area contributed by atoms with Crippen LogP contribution in [0.2, 0.25) is 0 Å². The topological polar surface area (TPSA) is 64.0 Å². The van der Waals surface area contributed by atoms with E-state index in [0.717, 1.165) is 34.6 Å². The quantitative estimate of drug-likeness (QED) is 0.883. The summed E-state index contributed by atoms with van der Waals surface area (Å²) in [4.78, 5) is 0.318. The number of nitrogens with one attached hydrogen (secondary N) is 1. The fourth-order valence-corrected chi connectivity index (χ4v) is 3.80. The minimum absolute atomic E-state index is 0.318. The van der Waals surface area contributed by atoms with E-state index in [1.807, 2.05) is 45.4 Å². The normalized spacial score (nSPS) is 11.9. The van der Waals surface area contributed by atoms with Crippen LogP contribution in [-0.4, -0.2) is 24.7 Å². The van der Waals surface area contributed by atoms with Crippen molar-refractivity contribution in [3.8, 4) is 0 Å². The van der Waals surface area contributed by atoms with Crippen molar-refractivity contribution in [2.45, 2.75) is 52.5 Å². The van der Waals surface area contributed by atoms with Gasteiger partial charge >= 0.3 is 0 Å². The van der Waals surface area contributed by atoms with Gasteiger partial charge in [0.15, 0.2) is 0 Å².